The normalized spacial score (nSPS) is 13.3. The third kappa shape index (κ3) is 9.27. The highest BCUT2D eigenvalue weighted by Crippen LogP contribution is 2.36. The molecule has 0 aromatic heterocycles. The van der Waals surface area contributed by atoms with Gasteiger partial charge in [-0.2, -0.15) is 0 Å². The number of hydrogen-bond donors (Lipinski definition) is 1. The summed E-state index contributed by atoms with van der Waals surface area (Å²) in [6.07, 6.45) is 0.143. The van der Waals surface area contributed by atoms with E-state index in [0.29, 0.717) is 13.0 Å². The molecule has 28 heavy (non-hydrogen) atoms. The minimum atomic E-state index is -1.84. The molecule has 0 bridgehead atoms. The van der Waals surface area contributed by atoms with E-state index in [1.807, 2.05) is 45.0 Å². The number of amides is 1. The number of benzene rings is 1. The Kier molecular flexibility index (Phi) is 8.80. The van der Waals surface area contributed by atoms with Crippen LogP contribution in [0.2, 0.25) is 18.1 Å². The zero-order chi connectivity index (χ0) is 21.6. The molecule has 0 aliphatic heterocycles. The van der Waals surface area contributed by atoms with Crippen molar-refractivity contribution in [2.24, 2.45) is 0 Å². The second-order valence-corrected chi connectivity index (χ2v) is 15.1. The van der Waals surface area contributed by atoms with Gasteiger partial charge in [0.25, 0.3) is 0 Å². The molecule has 0 aliphatic carbocycles. The second kappa shape index (κ2) is 9.95. The van der Waals surface area contributed by atoms with E-state index in [2.05, 4.69) is 67.0 Å². The Hall–Kier alpha value is -1.29. The SMILES string of the molecule is CC(C)(C)OC(=O)N[C@@H](C#Cc1ccc(Br)cc1)CCO[Si](C)(C)C(C)(C)C. The van der Waals surface area contributed by atoms with Crippen LogP contribution in [0.15, 0.2) is 28.7 Å². The number of ether oxygens (including phenoxy) is 1. The first-order chi connectivity index (χ1) is 12.7. The van der Waals surface area contributed by atoms with E-state index in [9.17, 15) is 4.79 Å². The van der Waals surface area contributed by atoms with Gasteiger partial charge in [-0.05, 0) is 63.2 Å². The van der Waals surface area contributed by atoms with Gasteiger partial charge in [-0.15, -0.1) is 0 Å². The maximum Gasteiger partial charge on any atom is 0.408 e. The number of alkyl carbamates (subject to hydrolysis) is 1. The van der Waals surface area contributed by atoms with Crippen molar-refractivity contribution in [3.8, 4) is 11.8 Å². The fourth-order valence-corrected chi connectivity index (χ4v) is 3.31. The minimum absolute atomic E-state index is 0.143. The first kappa shape index (κ1) is 24.7. The topological polar surface area (TPSA) is 47.6 Å². The van der Waals surface area contributed by atoms with E-state index < -0.39 is 20.0 Å². The molecule has 1 N–H and O–H groups in total. The predicted molar refractivity (Wildman–Crippen MR) is 122 cm³/mol. The molecule has 1 atom stereocenters. The van der Waals surface area contributed by atoms with Gasteiger partial charge in [0.1, 0.15) is 5.60 Å². The van der Waals surface area contributed by atoms with Crippen LogP contribution in [0.1, 0.15) is 53.5 Å². The first-order valence-corrected chi connectivity index (χ1v) is 13.3. The van der Waals surface area contributed by atoms with Gasteiger partial charge >= 0.3 is 6.09 Å². The average Bonchev–Trinajstić information content (AvgIpc) is 2.50. The lowest BCUT2D eigenvalue weighted by Gasteiger charge is -2.36. The third-order valence-electron chi connectivity index (χ3n) is 4.60. The minimum Gasteiger partial charge on any atom is -0.444 e. The van der Waals surface area contributed by atoms with Gasteiger partial charge < -0.3 is 14.5 Å². The van der Waals surface area contributed by atoms with E-state index in [-0.39, 0.29) is 11.1 Å². The molecule has 0 fully saturated rings. The Morgan fingerprint density at radius 3 is 2.21 bits per heavy atom. The summed E-state index contributed by atoms with van der Waals surface area (Å²) in [6.45, 7) is 17.1. The molecule has 1 aromatic rings. The molecule has 0 aliphatic rings. The second-order valence-electron chi connectivity index (χ2n) is 9.37. The smallest absolute Gasteiger partial charge is 0.408 e. The molecule has 0 radical (unpaired) electrons. The summed E-state index contributed by atoms with van der Waals surface area (Å²) < 4.78 is 12.6. The summed E-state index contributed by atoms with van der Waals surface area (Å²) in [4.78, 5) is 12.2. The fraction of sp³-hybridized carbons (Fsp3) is 0.591. The summed E-state index contributed by atoms with van der Waals surface area (Å²) in [5, 5.41) is 3.01. The Morgan fingerprint density at radius 2 is 1.71 bits per heavy atom. The van der Waals surface area contributed by atoms with Crippen LogP contribution in [0.3, 0.4) is 0 Å². The predicted octanol–water partition coefficient (Wildman–Crippen LogP) is 6.11. The van der Waals surface area contributed by atoms with Crippen LogP contribution in [-0.4, -0.2) is 32.7 Å². The van der Waals surface area contributed by atoms with Crippen molar-refractivity contribution in [1.82, 2.24) is 5.32 Å². The molecule has 1 amide bonds. The highest BCUT2D eigenvalue weighted by molar-refractivity contribution is 9.10. The number of carbonyl (C=O) groups excluding carboxylic acids is 1. The Balaban J connectivity index is 2.83. The van der Waals surface area contributed by atoms with Gasteiger partial charge in [0.15, 0.2) is 8.32 Å². The molecule has 0 heterocycles. The lowest BCUT2D eigenvalue weighted by molar-refractivity contribution is 0.0511. The van der Waals surface area contributed by atoms with Gasteiger partial charge in [0.05, 0.1) is 6.04 Å². The van der Waals surface area contributed by atoms with Gasteiger partial charge in [0, 0.05) is 23.1 Å². The van der Waals surface area contributed by atoms with E-state index >= 15 is 0 Å². The molecule has 0 saturated heterocycles. The van der Waals surface area contributed by atoms with Crippen LogP contribution < -0.4 is 5.32 Å². The van der Waals surface area contributed by atoms with Gasteiger partial charge in [-0.3, -0.25) is 0 Å². The van der Waals surface area contributed by atoms with Crippen molar-refractivity contribution in [2.75, 3.05) is 6.61 Å². The number of carbonyl (C=O) groups is 1. The summed E-state index contributed by atoms with van der Waals surface area (Å²) in [6, 6.07) is 7.42. The largest absolute Gasteiger partial charge is 0.444 e. The first-order valence-electron chi connectivity index (χ1n) is 9.60. The number of rotatable bonds is 5. The van der Waals surface area contributed by atoms with Crippen molar-refractivity contribution >= 4 is 30.3 Å². The van der Waals surface area contributed by atoms with Crippen molar-refractivity contribution < 1.29 is 14.0 Å². The van der Waals surface area contributed by atoms with Crippen LogP contribution in [0.25, 0.3) is 0 Å². The molecule has 1 rings (SSSR count). The van der Waals surface area contributed by atoms with Crippen LogP contribution in [-0.2, 0) is 9.16 Å². The number of halogens is 1. The molecule has 1 aromatic carbocycles. The Bertz CT molecular complexity index is 707. The lowest BCUT2D eigenvalue weighted by Crippen LogP contribution is -2.43. The van der Waals surface area contributed by atoms with Crippen LogP contribution in [0, 0.1) is 11.8 Å². The highest BCUT2D eigenvalue weighted by Gasteiger charge is 2.37. The summed E-state index contributed by atoms with van der Waals surface area (Å²) in [5.74, 6) is 6.29. The van der Waals surface area contributed by atoms with Crippen molar-refractivity contribution in [1.29, 1.82) is 0 Å². The maximum atomic E-state index is 12.2. The molecule has 0 saturated carbocycles. The molecule has 4 nitrogen and oxygen atoms in total. The van der Waals surface area contributed by atoms with Gasteiger partial charge in [0.2, 0.25) is 0 Å². The van der Waals surface area contributed by atoms with E-state index in [1.165, 1.54) is 0 Å². The maximum absolute atomic E-state index is 12.2. The Labute approximate surface area is 180 Å². The summed E-state index contributed by atoms with van der Waals surface area (Å²) in [5.41, 5.74) is 0.343. The average molecular weight is 469 g/mol. The van der Waals surface area contributed by atoms with Crippen LogP contribution in [0.4, 0.5) is 4.79 Å². The van der Waals surface area contributed by atoms with Crippen LogP contribution in [0.5, 0.6) is 0 Å². The molecule has 0 unspecified atom stereocenters. The fourth-order valence-electron chi connectivity index (χ4n) is 1.98. The van der Waals surface area contributed by atoms with Gasteiger partial charge in [-0.25, -0.2) is 4.79 Å². The van der Waals surface area contributed by atoms with E-state index in [1.54, 1.807) is 0 Å². The van der Waals surface area contributed by atoms with E-state index in [0.717, 1.165) is 10.0 Å². The van der Waals surface area contributed by atoms with Crippen molar-refractivity contribution in [3.63, 3.8) is 0 Å². The Morgan fingerprint density at radius 1 is 1.14 bits per heavy atom. The van der Waals surface area contributed by atoms with Crippen LogP contribution >= 0.6 is 15.9 Å². The zero-order valence-electron chi connectivity index (χ0n) is 18.4. The molecule has 0 spiro atoms. The lowest BCUT2D eigenvalue weighted by atomic mass is 10.2. The standard InChI is InChI=1S/C22H34BrNO3Si/c1-21(2,3)27-20(25)24-19(14-11-17-9-12-18(23)13-10-17)15-16-26-28(7,8)22(4,5)6/h9-10,12-13,19H,15-16H2,1-8H3,(H,24,25)/t19-/m0/s1. The third-order valence-corrected chi connectivity index (χ3v) is 9.67. The quantitative estimate of drug-likeness (QED) is 0.419. The molecular weight excluding hydrogens is 434 g/mol. The monoisotopic (exact) mass is 467 g/mol. The molecule has 6 heteroatoms. The number of nitrogens with one attached hydrogen (secondary N) is 1. The molecular formula is C22H34BrNO3Si. The highest BCUT2D eigenvalue weighted by atomic mass is 79.9. The number of hydrogen-bond acceptors (Lipinski definition) is 3. The molecule has 156 valence electrons. The van der Waals surface area contributed by atoms with Gasteiger partial charge in [-0.1, -0.05) is 48.5 Å². The summed E-state index contributed by atoms with van der Waals surface area (Å²) in [7, 11) is -1.84. The van der Waals surface area contributed by atoms with Crippen molar-refractivity contribution in [2.45, 2.75) is 77.7 Å². The van der Waals surface area contributed by atoms with Crippen molar-refractivity contribution in [3.05, 3.63) is 34.3 Å². The summed E-state index contributed by atoms with van der Waals surface area (Å²) >= 11 is 3.42. The zero-order valence-corrected chi connectivity index (χ0v) is 21.0. The van der Waals surface area contributed by atoms with E-state index in [4.69, 9.17) is 9.16 Å².